The van der Waals surface area contributed by atoms with Crippen molar-refractivity contribution in [3.63, 3.8) is 0 Å². The Balaban J connectivity index is 2.25. The largest absolute Gasteiger partial charge is 0.361 e. The van der Waals surface area contributed by atoms with E-state index in [0.29, 0.717) is 16.1 Å². The van der Waals surface area contributed by atoms with Gasteiger partial charge in [0, 0.05) is 12.2 Å². The van der Waals surface area contributed by atoms with Crippen LogP contribution in [0.15, 0.2) is 24.3 Å². The molecule has 23 heavy (non-hydrogen) atoms. The minimum Gasteiger partial charge on any atom is -0.361 e. The molecule has 4 nitrogen and oxygen atoms in total. The Labute approximate surface area is 150 Å². The Bertz CT molecular complexity index is 505. The molecule has 0 radical (unpaired) electrons. The van der Waals surface area contributed by atoms with Crippen LogP contribution < -0.4 is 21.5 Å². The number of benzene rings is 1. The van der Waals surface area contributed by atoms with Crippen molar-refractivity contribution in [2.45, 2.75) is 46.5 Å². The van der Waals surface area contributed by atoms with Crippen molar-refractivity contribution in [2.75, 3.05) is 11.9 Å². The Morgan fingerprint density at radius 1 is 1.13 bits per heavy atom. The van der Waals surface area contributed by atoms with E-state index in [1.807, 2.05) is 31.2 Å². The van der Waals surface area contributed by atoms with Crippen molar-refractivity contribution in [2.24, 2.45) is 5.92 Å². The number of thiocarbonyl (C=S) groups is 2. The maximum atomic E-state index is 5.26. The summed E-state index contributed by atoms with van der Waals surface area (Å²) < 4.78 is 0. The number of hydrazine groups is 1. The number of nitrogens with one attached hydrogen (secondary N) is 4. The summed E-state index contributed by atoms with van der Waals surface area (Å²) in [5, 5.41) is 7.40. The van der Waals surface area contributed by atoms with Crippen LogP contribution in [0.2, 0.25) is 0 Å². The molecule has 0 aliphatic heterocycles. The van der Waals surface area contributed by atoms with Gasteiger partial charge in [-0.15, -0.1) is 0 Å². The molecule has 0 aromatic heterocycles. The lowest BCUT2D eigenvalue weighted by Crippen LogP contribution is -2.49. The van der Waals surface area contributed by atoms with Crippen LogP contribution in [0.5, 0.6) is 0 Å². The Morgan fingerprint density at radius 2 is 1.87 bits per heavy atom. The number of aryl methyl sites for hydroxylation is 1. The quantitative estimate of drug-likeness (QED) is 0.441. The van der Waals surface area contributed by atoms with E-state index in [2.05, 4.69) is 35.3 Å². The van der Waals surface area contributed by atoms with E-state index < -0.39 is 0 Å². The van der Waals surface area contributed by atoms with E-state index in [-0.39, 0.29) is 0 Å². The average Bonchev–Trinajstić information content (AvgIpc) is 2.53. The lowest BCUT2D eigenvalue weighted by Gasteiger charge is -2.18. The van der Waals surface area contributed by atoms with E-state index in [0.717, 1.165) is 18.7 Å². The van der Waals surface area contributed by atoms with Crippen molar-refractivity contribution in [1.29, 1.82) is 0 Å². The van der Waals surface area contributed by atoms with E-state index in [1.54, 1.807) is 0 Å². The van der Waals surface area contributed by atoms with Gasteiger partial charge in [0.1, 0.15) is 0 Å². The molecule has 0 unspecified atom stereocenters. The number of hydrogen-bond donors (Lipinski definition) is 4. The molecule has 1 aromatic carbocycles. The predicted octanol–water partition coefficient (Wildman–Crippen LogP) is 3.88. The first-order chi connectivity index (χ1) is 11.0. The molecule has 1 rings (SSSR count). The second-order valence-electron chi connectivity index (χ2n) is 5.70. The first-order valence-electron chi connectivity index (χ1n) is 8.22. The molecular weight excluding hydrogens is 324 g/mol. The monoisotopic (exact) mass is 352 g/mol. The highest BCUT2D eigenvalue weighted by Crippen LogP contribution is 2.11. The van der Waals surface area contributed by atoms with Gasteiger partial charge < -0.3 is 10.6 Å². The summed E-state index contributed by atoms with van der Waals surface area (Å²) in [6.07, 6.45) is 4.91. The first-order valence-corrected chi connectivity index (χ1v) is 9.04. The molecule has 0 spiro atoms. The van der Waals surface area contributed by atoms with Crippen LogP contribution in [-0.4, -0.2) is 16.8 Å². The minimum absolute atomic E-state index is 0.484. The number of anilines is 1. The van der Waals surface area contributed by atoms with Crippen LogP contribution in [0, 0.1) is 12.8 Å². The van der Waals surface area contributed by atoms with Crippen molar-refractivity contribution >= 4 is 40.3 Å². The Hall–Kier alpha value is -1.40. The highest BCUT2D eigenvalue weighted by Gasteiger charge is 2.06. The van der Waals surface area contributed by atoms with Gasteiger partial charge in [-0.05, 0) is 61.4 Å². The Kier molecular flexibility index (Phi) is 9.55. The van der Waals surface area contributed by atoms with E-state index in [9.17, 15) is 0 Å². The van der Waals surface area contributed by atoms with Crippen molar-refractivity contribution in [1.82, 2.24) is 16.2 Å². The molecule has 4 N–H and O–H groups in total. The maximum Gasteiger partial charge on any atom is 0.189 e. The molecule has 0 aliphatic rings. The lowest BCUT2D eigenvalue weighted by molar-refractivity contribution is 0.444. The highest BCUT2D eigenvalue weighted by atomic mass is 32.1. The van der Waals surface area contributed by atoms with Crippen LogP contribution in [0.3, 0.4) is 0 Å². The predicted molar refractivity (Wildman–Crippen MR) is 108 cm³/mol. The third kappa shape index (κ3) is 8.71. The smallest absolute Gasteiger partial charge is 0.189 e. The summed E-state index contributed by atoms with van der Waals surface area (Å²) in [6.45, 7) is 7.37. The van der Waals surface area contributed by atoms with Gasteiger partial charge in [0.15, 0.2) is 10.2 Å². The molecule has 128 valence electrons. The van der Waals surface area contributed by atoms with Crippen LogP contribution in [0.25, 0.3) is 0 Å². The zero-order chi connectivity index (χ0) is 17.1. The minimum atomic E-state index is 0.484. The summed E-state index contributed by atoms with van der Waals surface area (Å²) in [7, 11) is 0. The molecular formula is C17H28N4S2. The normalized spacial score (nSPS) is 11.4. The first kappa shape index (κ1) is 19.6. The number of hydrogen-bond acceptors (Lipinski definition) is 2. The molecule has 0 aliphatic carbocycles. The maximum absolute atomic E-state index is 5.26. The summed E-state index contributed by atoms with van der Waals surface area (Å²) in [6, 6.07) is 8.03. The molecule has 1 aromatic rings. The van der Waals surface area contributed by atoms with Gasteiger partial charge in [-0.2, -0.15) is 0 Å². The number of unbranched alkanes of at least 4 members (excludes halogenated alkanes) is 1. The van der Waals surface area contributed by atoms with Gasteiger partial charge in [-0.1, -0.05) is 45.2 Å². The van der Waals surface area contributed by atoms with Crippen molar-refractivity contribution < 1.29 is 0 Å². The van der Waals surface area contributed by atoms with Gasteiger partial charge in [-0.3, -0.25) is 10.9 Å². The second kappa shape index (κ2) is 11.2. The highest BCUT2D eigenvalue weighted by molar-refractivity contribution is 7.80. The SMILES string of the molecule is CCCC[C@H](CC)CNC(=S)NNC(=S)Nc1cccc(C)c1. The lowest BCUT2D eigenvalue weighted by atomic mass is 9.99. The second-order valence-corrected chi connectivity index (χ2v) is 6.52. The zero-order valence-corrected chi connectivity index (χ0v) is 15.9. The van der Waals surface area contributed by atoms with Crippen LogP contribution in [0.1, 0.15) is 45.1 Å². The standard InChI is InChI=1S/C17H28N4S2/c1-4-6-9-14(5-2)12-18-16(22)20-21-17(23)19-15-10-7-8-13(3)11-15/h7-8,10-11,14H,4-6,9,12H2,1-3H3,(H2,18,20,22)(H2,19,21,23)/t14-/m0/s1. The van der Waals surface area contributed by atoms with Crippen LogP contribution in [-0.2, 0) is 0 Å². The molecule has 0 saturated carbocycles. The molecule has 0 bridgehead atoms. The fourth-order valence-corrected chi connectivity index (χ4v) is 2.53. The topological polar surface area (TPSA) is 48.1 Å². The third-order valence-corrected chi connectivity index (χ3v) is 4.11. The van der Waals surface area contributed by atoms with E-state index in [1.165, 1.54) is 24.8 Å². The summed E-state index contributed by atoms with van der Waals surface area (Å²) in [4.78, 5) is 0. The van der Waals surface area contributed by atoms with Crippen LogP contribution >= 0.6 is 24.4 Å². The van der Waals surface area contributed by atoms with Gasteiger partial charge in [0.2, 0.25) is 0 Å². The number of rotatable bonds is 7. The third-order valence-electron chi connectivity index (χ3n) is 3.66. The zero-order valence-electron chi connectivity index (χ0n) is 14.2. The van der Waals surface area contributed by atoms with Gasteiger partial charge >= 0.3 is 0 Å². The van der Waals surface area contributed by atoms with Gasteiger partial charge in [-0.25, -0.2) is 0 Å². The van der Waals surface area contributed by atoms with Crippen LogP contribution in [0.4, 0.5) is 5.69 Å². The van der Waals surface area contributed by atoms with Gasteiger partial charge in [0.05, 0.1) is 0 Å². The molecule has 0 heterocycles. The molecule has 0 fully saturated rings. The van der Waals surface area contributed by atoms with E-state index in [4.69, 9.17) is 24.4 Å². The molecule has 0 saturated heterocycles. The summed E-state index contributed by atoms with van der Waals surface area (Å²) >= 11 is 10.5. The fraction of sp³-hybridized carbons (Fsp3) is 0.529. The summed E-state index contributed by atoms with van der Waals surface area (Å²) in [5.41, 5.74) is 7.96. The summed E-state index contributed by atoms with van der Waals surface area (Å²) in [5.74, 6) is 0.659. The van der Waals surface area contributed by atoms with Crippen molar-refractivity contribution in [3.8, 4) is 0 Å². The molecule has 0 amide bonds. The van der Waals surface area contributed by atoms with Gasteiger partial charge in [0.25, 0.3) is 0 Å². The van der Waals surface area contributed by atoms with E-state index >= 15 is 0 Å². The molecule has 6 heteroatoms. The van der Waals surface area contributed by atoms with Crippen molar-refractivity contribution in [3.05, 3.63) is 29.8 Å². The molecule has 1 atom stereocenters. The fourth-order valence-electron chi connectivity index (χ4n) is 2.22. The average molecular weight is 353 g/mol. The Morgan fingerprint density at radius 3 is 2.52 bits per heavy atom.